The van der Waals surface area contributed by atoms with Gasteiger partial charge in [0.15, 0.2) is 12.2 Å². The largest absolute Gasteiger partial charge is 0.452 e. The number of ether oxygens (including phenoxy) is 3. The van der Waals surface area contributed by atoms with Gasteiger partial charge in [0.05, 0.1) is 13.2 Å². The Balaban J connectivity index is 2.55. The standard InChI is InChI=1S/C12H16O5/c1-7(2)11(13)16-9-5-15-6-10(9)17-12(14)8(3)4/h9-10H,1,3,5-6H2,2,4H3/t9-,10?/m0/s1. The zero-order chi connectivity index (χ0) is 13.0. The van der Waals surface area contributed by atoms with Crippen LogP contribution in [0, 0.1) is 0 Å². The molecule has 1 aliphatic heterocycles. The summed E-state index contributed by atoms with van der Waals surface area (Å²) in [6.07, 6.45) is -1.16. The molecule has 0 aliphatic carbocycles. The van der Waals surface area contributed by atoms with E-state index in [1.807, 2.05) is 0 Å². The van der Waals surface area contributed by atoms with Gasteiger partial charge in [-0.1, -0.05) is 13.2 Å². The van der Waals surface area contributed by atoms with Gasteiger partial charge in [0.25, 0.3) is 0 Å². The van der Waals surface area contributed by atoms with E-state index in [-0.39, 0.29) is 13.2 Å². The molecule has 5 heteroatoms. The number of carbonyl (C=O) groups is 2. The molecule has 1 heterocycles. The molecule has 94 valence electrons. The molecular weight excluding hydrogens is 224 g/mol. The Hall–Kier alpha value is -1.62. The lowest BCUT2D eigenvalue weighted by atomic mass is 10.2. The summed E-state index contributed by atoms with van der Waals surface area (Å²) in [6, 6.07) is 0. The van der Waals surface area contributed by atoms with Gasteiger partial charge < -0.3 is 14.2 Å². The second-order valence-electron chi connectivity index (χ2n) is 3.99. The van der Waals surface area contributed by atoms with E-state index in [0.717, 1.165) is 0 Å². The van der Waals surface area contributed by atoms with Crippen LogP contribution in [-0.4, -0.2) is 37.4 Å². The summed E-state index contributed by atoms with van der Waals surface area (Å²) < 4.78 is 15.3. The van der Waals surface area contributed by atoms with Crippen molar-refractivity contribution in [2.24, 2.45) is 0 Å². The van der Waals surface area contributed by atoms with Crippen molar-refractivity contribution in [3.63, 3.8) is 0 Å². The fourth-order valence-corrected chi connectivity index (χ4v) is 1.21. The minimum absolute atomic E-state index is 0.215. The van der Waals surface area contributed by atoms with Crippen LogP contribution in [0.15, 0.2) is 24.3 Å². The minimum atomic E-state index is -0.581. The van der Waals surface area contributed by atoms with E-state index >= 15 is 0 Å². The monoisotopic (exact) mass is 240 g/mol. The highest BCUT2D eigenvalue weighted by Gasteiger charge is 2.34. The Bertz CT molecular complexity index is 324. The number of hydrogen-bond donors (Lipinski definition) is 0. The third kappa shape index (κ3) is 3.71. The molecule has 0 saturated carbocycles. The van der Waals surface area contributed by atoms with Gasteiger partial charge in [-0.25, -0.2) is 9.59 Å². The van der Waals surface area contributed by atoms with Crippen LogP contribution >= 0.6 is 0 Å². The Morgan fingerprint density at radius 2 is 1.35 bits per heavy atom. The normalized spacial score (nSPS) is 22.9. The molecule has 1 fully saturated rings. The van der Waals surface area contributed by atoms with Crippen LogP contribution in [0.4, 0.5) is 0 Å². The molecule has 1 rings (SSSR count). The maximum Gasteiger partial charge on any atom is 0.333 e. The highest BCUT2D eigenvalue weighted by Crippen LogP contribution is 2.16. The summed E-state index contributed by atoms with van der Waals surface area (Å²) in [7, 11) is 0. The smallest absolute Gasteiger partial charge is 0.333 e. The molecule has 1 unspecified atom stereocenters. The first-order valence-electron chi connectivity index (χ1n) is 5.22. The summed E-state index contributed by atoms with van der Waals surface area (Å²) in [5.74, 6) is -1.03. The van der Waals surface area contributed by atoms with Crippen molar-refractivity contribution in [3.05, 3.63) is 24.3 Å². The van der Waals surface area contributed by atoms with Gasteiger partial charge in [-0.3, -0.25) is 0 Å². The second-order valence-corrected chi connectivity index (χ2v) is 3.99. The zero-order valence-corrected chi connectivity index (χ0v) is 10.0. The predicted octanol–water partition coefficient (Wildman–Crippen LogP) is 0.992. The van der Waals surface area contributed by atoms with E-state index in [1.165, 1.54) is 0 Å². The van der Waals surface area contributed by atoms with Crippen molar-refractivity contribution >= 4 is 11.9 Å². The quantitative estimate of drug-likeness (QED) is 0.541. The second kappa shape index (κ2) is 5.63. The van der Waals surface area contributed by atoms with Crippen LogP contribution in [0.5, 0.6) is 0 Å². The number of esters is 2. The van der Waals surface area contributed by atoms with Crippen LogP contribution in [0.3, 0.4) is 0 Å². The number of rotatable bonds is 4. The maximum atomic E-state index is 11.3. The summed E-state index contributed by atoms with van der Waals surface area (Å²) in [5, 5.41) is 0. The highest BCUT2D eigenvalue weighted by atomic mass is 16.6. The summed E-state index contributed by atoms with van der Waals surface area (Å²) in [4.78, 5) is 22.7. The average Bonchev–Trinajstić information content (AvgIpc) is 2.65. The van der Waals surface area contributed by atoms with Gasteiger partial charge in [-0.2, -0.15) is 0 Å². The predicted molar refractivity (Wildman–Crippen MR) is 60.2 cm³/mol. The maximum absolute atomic E-state index is 11.3. The van der Waals surface area contributed by atoms with Gasteiger partial charge in [0.2, 0.25) is 0 Å². The Morgan fingerprint density at radius 1 is 1.00 bits per heavy atom. The van der Waals surface area contributed by atoms with Gasteiger partial charge in [-0.05, 0) is 13.8 Å². The summed E-state index contributed by atoms with van der Waals surface area (Å²) >= 11 is 0. The van der Waals surface area contributed by atoms with Gasteiger partial charge in [-0.15, -0.1) is 0 Å². The molecule has 0 aromatic heterocycles. The van der Waals surface area contributed by atoms with Crippen LogP contribution in [0.2, 0.25) is 0 Å². The molecule has 0 N–H and O–H groups in total. The first-order chi connectivity index (χ1) is 7.91. The number of carbonyl (C=O) groups excluding carboxylic acids is 2. The fraction of sp³-hybridized carbons (Fsp3) is 0.500. The molecule has 0 radical (unpaired) electrons. The van der Waals surface area contributed by atoms with Crippen molar-refractivity contribution in [2.75, 3.05) is 13.2 Å². The Labute approximate surface area is 100 Å². The van der Waals surface area contributed by atoms with Crippen molar-refractivity contribution in [1.29, 1.82) is 0 Å². The van der Waals surface area contributed by atoms with E-state index in [9.17, 15) is 9.59 Å². The summed E-state index contributed by atoms with van der Waals surface area (Å²) in [6.45, 7) is 10.5. The van der Waals surface area contributed by atoms with Gasteiger partial charge >= 0.3 is 11.9 Å². The Kier molecular flexibility index (Phi) is 4.45. The molecular formula is C12H16O5. The molecule has 1 saturated heterocycles. The molecule has 17 heavy (non-hydrogen) atoms. The van der Waals surface area contributed by atoms with Gasteiger partial charge in [0, 0.05) is 11.1 Å². The Morgan fingerprint density at radius 3 is 1.65 bits per heavy atom. The lowest BCUT2D eigenvalue weighted by Gasteiger charge is -2.18. The third-order valence-corrected chi connectivity index (χ3v) is 2.19. The average molecular weight is 240 g/mol. The van der Waals surface area contributed by atoms with E-state index in [0.29, 0.717) is 11.1 Å². The molecule has 0 spiro atoms. The van der Waals surface area contributed by atoms with Crippen LogP contribution in [0.25, 0.3) is 0 Å². The molecule has 5 nitrogen and oxygen atoms in total. The van der Waals surface area contributed by atoms with E-state index in [1.54, 1.807) is 13.8 Å². The number of hydrogen-bond acceptors (Lipinski definition) is 5. The first-order valence-corrected chi connectivity index (χ1v) is 5.22. The van der Waals surface area contributed by atoms with Crippen molar-refractivity contribution in [1.82, 2.24) is 0 Å². The van der Waals surface area contributed by atoms with E-state index in [4.69, 9.17) is 14.2 Å². The van der Waals surface area contributed by atoms with Crippen molar-refractivity contribution < 1.29 is 23.8 Å². The van der Waals surface area contributed by atoms with Crippen LogP contribution in [-0.2, 0) is 23.8 Å². The van der Waals surface area contributed by atoms with Crippen LogP contribution < -0.4 is 0 Å². The molecule has 0 bridgehead atoms. The topological polar surface area (TPSA) is 61.8 Å². The molecule has 0 aromatic carbocycles. The van der Waals surface area contributed by atoms with E-state index in [2.05, 4.69) is 13.2 Å². The lowest BCUT2D eigenvalue weighted by molar-refractivity contribution is -0.158. The zero-order valence-electron chi connectivity index (χ0n) is 10.0. The SMILES string of the molecule is C=C(C)C(=O)OC1COC[C@@H]1OC(=O)C(=C)C. The van der Waals surface area contributed by atoms with Crippen molar-refractivity contribution in [2.45, 2.75) is 26.1 Å². The highest BCUT2D eigenvalue weighted by molar-refractivity contribution is 5.88. The van der Waals surface area contributed by atoms with E-state index < -0.39 is 24.1 Å². The molecule has 0 amide bonds. The molecule has 1 aliphatic rings. The lowest BCUT2D eigenvalue weighted by Crippen LogP contribution is -2.34. The van der Waals surface area contributed by atoms with Crippen molar-refractivity contribution in [3.8, 4) is 0 Å². The molecule has 2 atom stereocenters. The fourth-order valence-electron chi connectivity index (χ4n) is 1.21. The van der Waals surface area contributed by atoms with Gasteiger partial charge in [0.1, 0.15) is 0 Å². The molecule has 0 aromatic rings. The third-order valence-electron chi connectivity index (χ3n) is 2.19. The first kappa shape index (κ1) is 13.4. The van der Waals surface area contributed by atoms with Crippen LogP contribution in [0.1, 0.15) is 13.8 Å². The summed E-state index contributed by atoms with van der Waals surface area (Å²) in [5.41, 5.74) is 0.587. The minimum Gasteiger partial charge on any atom is -0.452 e.